The van der Waals surface area contributed by atoms with E-state index >= 15 is 0 Å². The minimum atomic E-state index is 0.585. The van der Waals surface area contributed by atoms with Crippen molar-refractivity contribution in [2.24, 2.45) is 5.92 Å². The van der Waals surface area contributed by atoms with E-state index in [0.29, 0.717) is 6.61 Å². The Labute approximate surface area is 111 Å². The monoisotopic (exact) mass is 244 g/mol. The fourth-order valence-electron chi connectivity index (χ4n) is 2.73. The molecule has 1 heteroatoms. The third kappa shape index (κ3) is 3.38. The van der Waals surface area contributed by atoms with Gasteiger partial charge in [-0.05, 0) is 42.4 Å². The summed E-state index contributed by atoms with van der Waals surface area (Å²) in [6.45, 7) is 6.51. The first kappa shape index (κ1) is 13.2. The van der Waals surface area contributed by atoms with Crippen LogP contribution in [0, 0.1) is 5.92 Å². The molecule has 0 heterocycles. The van der Waals surface area contributed by atoms with E-state index in [4.69, 9.17) is 4.74 Å². The molecule has 0 amide bonds. The molecule has 0 aromatic heterocycles. The predicted molar refractivity (Wildman–Crippen MR) is 77.1 cm³/mol. The number of hydrogen-bond acceptors (Lipinski definition) is 1. The summed E-state index contributed by atoms with van der Waals surface area (Å²) in [5, 5.41) is 0. The molecule has 0 radical (unpaired) electrons. The molecule has 1 saturated carbocycles. The second-order valence-corrected chi connectivity index (χ2v) is 5.35. The Morgan fingerprint density at radius 1 is 1.28 bits per heavy atom. The van der Waals surface area contributed by atoms with Crippen molar-refractivity contribution in [2.45, 2.75) is 44.9 Å². The zero-order valence-electron chi connectivity index (χ0n) is 11.4. The summed E-state index contributed by atoms with van der Waals surface area (Å²) >= 11 is 0. The highest BCUT2D eigenvalue weighted by atomic mass is 16.5. The predicted octanol–water partition coefficient (Wildman–Crippen LogP) is 4.94. The lowest BCUT2D eigenvalue weighted by molar-refractivity contribution is 0.242. The van der Waals surface area contributed by atoms with Gasteiger partial charge in [0.25, 0.3) is 0 Å². The van der Waals surface area contributed by atoms with Crippen molar-refractivity contribution in [1.82, 2.24) is 0 Å². The van der Waals surface area contributed by atoms with Gasteiger partial charge in [0.05, 0.1) is 0 Å². The van der Waals surface area contributed by atoms with Crippen LogP contribution in [0.1, 0.15) is 50.5 Å². The first-order valence-electron chi connectivity index (χ1n) is 7.17. The number of ether oxygens (including phenoxy) is 1. The number of hydrogen-bond donors (Lipinski definition) is 0. The summed E-state index contributed by atoms with van der Waals surface area (Å²) < 4.78 is 5.50. The Hall–Kier alpha value is -1.24. The molecule has 98 valence electrons. The lowest BCUT2D eigenvalue weighted by Gasteiger charge is -2.36. The topological polar surface area (TPSA) is 9.23 Å². The van der Waals surface area contributed by atoms with Crippen LogP contribution in [0.15, 0.2) is 36.9 Å². The molecule has 1 aromatic carbocycles. The van der Waals surface area contributed by atoms with E-state index in [-0.39, 0.29) is 0 Å². The van der Waals surface area contributed by atoms with E-state index in [9.17, 15) is 0 Å². The maximum absolute atomic E-state index is 5.50. The second-order valence-electron chi connectivity index (χ2n) is 5.35. The Morgan fingerprint density at radius 3 is 2.61 bits per heavy atom. The van der Waals surface area contributed by atoms with Gasteiger partial charge in [0.2, 0.25) is 0 Å². The fraction of sp³-hybridized carbons (Fsp3) is 0.529. The SMILES string of the molecule is C=CCOc1ccc(C2CC(CCCC)C2)cc1. The lowest BCUT2D eigenvalue weighted by Crippen LogP contribution is -2.21. The molecule has 0 saturated heterocycles. The van der Waals surface area contributed by atoms with Gasteiger partial charge in [-0.15, -0.1) is 0 Å². The summed E-state index contributed by atoms with van der Waals surface area (Å²) in [5.74, 6) is 2.72. The molecule has 0 unspecified atom stereocenters. The molecule has 1 aliphatic rings. The fourth-order valence-corrected chi connectivity index (χ4v) is 2.73. The van der Waals surface area contributed by atoms with Gasteiger partial charge in [0, 0.05) is 0 Å². The third-order valence-electron chi connectivity index (χ3n) is 3.92. The van der Waals surface area contributed by atoms with Gasteiger partial charge in [-0.2, -0.15) is 0 Å². The molecule has 0 atom stereocenters. The minimum absolute atomic E-state index is 0.585. The average Bonchev–Trinajstić information content (AvgIpc) is 2.36. The van der Waals surface area contributed by atoms with Crippen molar-refractivity contribution < 1.29 is 4.74 Å². The smallest absolute Gasteiger partial charge is 0.119 e. The van der Waals surface area contributed by atoms with E-state index < -0.39 is 0 Å². The van der Waals surface area contributed by atoms with E-state index in [1.54, 1.807) is 6.08 Å². The van der Waals surface area contributed by atoms with Crippen molar-refractivity contribution in [3.05, 3.63) is 42.5 Å². The third-order valence-corrected chi connectivity index (χ3v) is 3.92. The second kappa shape index (κ2) is 6.63. The van der Waals surface area contributed by atoms with Gasteiger partial charge in [0.1, 0.15) is 12.4 Å². The van der Waals surface area contributed by atoms with Crippen LogP contribution in [0.25, 0.3) is 0 Å². The van der Waals surface area contributed by atoms with Crippen LogP contribution in [-0.4, -0.2) is 6.61 Å². The quantitative estimate of drug-likeness (QED) is 0.618. The van der Waals surface area contributed by atoms with Gasteiger partial charge >= 0.3 is 0 Å². The molecule has 1 nitrogen and oxygen atoms in total. The van der Waals surface area contributed by atoms with Crippen LogP contribution in [0.2, 0.25) is 0 Å². The van der Waals surface area contributed by atoms with Gasteiger partial charge in [-0.1, -0.05) is 51.0 Å². The summed E-state index contributed by atoms with van der Waals surface area (Å²) in [6.07, 6.45) is 8.69. The van der Waals surface area contributed by atoms with Crippen LogP contribution in [0.3, 0.4) is 0 Å². The zero-order chi connectivity index (χ0) is 12.8. The Kier molecular flexibility index (Phi) is 4.86. The maximum atomic E-state index is 5.50. The summed E-state index contributed by atoms with van der Waals surface area (Å²) in [5.41, 5.74) is 1.48. The molecule has 1 fully saturated rings. The van der Waals surface area contributed by atoms with Crippen molar-refractivity contribution >= 4 is 0 Å². The standard InChI is InChI=1S/C17H24O/c1-3-5-6-14-12-16(13-14)15-7-9-17(10-8-15)18-11-4-2/h4,7-10,14,16H,2-3,5-6,11-13H2,1H3. The van der Waals surface area contributed by atoms with Crippen LogP contribution in [0.5, 0.6) is 5.75 Å². The van der Waals surface area contributed by atoms with Crippen molar-refractivity contribution in [3.8, 4) is 5.75 Å². The summed E-state index contributed by atoms with van der Waals surface area (Å²) in [7, 11) is 0. The van der Waals surface area contributed by atoms with Crippen molar-refractivity contribution in [3.63, 3.8) is 0 Å². The van der Waals surface area contributed by atoms with Crippen LogP contribution in [-0.2, 0) is 0 Å². The zero-order valence-corrected chi connectivity index (χ0v) is 11.4. The van der Waals surface area contributed by atoms with Crippen molar-refractivity contribution in [1.29, 1.82) is 0 Å². The van der Waals surface area contributed by atoms with E-state index in [0.717, 1.165) is 17.6 Å². The molecular weight excluding hydrogens is 220 g/mol. The minimum Gasteiger partial charge on any atom is -0.490 e. The van der Waals surface area contributed by atoms with E-state index in [1.165, 1.54) is 37.7 Å². The van der Waals surface area contributed by atoms with Crippen molar-refractivity contribution in [2.75, 3.05) is 6.61 Å². The average molecular weight is 244 g/mol. The highest BCUT2D eigenvalue weighted by Gasteiger charge is 2.29. The summed E-state index contributed by atoms with van der Waals surface area (Å²) in [4.78, 5) is 0. The largest absolute Gasteiger partial charge is 0.490 e. The molecule has 1 aliphatic carbocycles. The van der Waals surface area contributed by atoms with E-state index in [1.807, 2.05) is 0 Å². The van der Waals surface area contributed by atoms with Gasteiger partial charge in [-0.3, -0.25) is 0 Å². The molecular formula is C17H24O. The molecule has 0 aliphatic heterocycles. The Bertz CT molecular complexity index is 360. The highest BCUT2D eigenvalue weighted by molar-refractivity contribution is 5.30. The first-order chi connectivity index (χ1) is 8.83. The lowest BCUT2D eigenvalue weighted by atomic mass is 9.69. The molecule has 0 bridgehead atoms. The van der Waals surface area contributed by atoms with Crippen LogP contribution >= 0.6 is 0 Å². The molecule has 0 spiro atoms. The molecule has 2 rings (SSSR count). The van der Waals surface area contributed by atoms with Crippen LogP contribution < -0.4 is 4.74 Å². The molecule has 0 N–H and O–H groups in total. The number of benzene rings is 1. The van der Waals surface area contributed by atoms with E-state index in [2.05, 4.69) is 37.8 Å². The maximum Gasteiger partial charge on any atom is 0.119 e. The number of rotatable bonds is 7. The van der Waals surface area contributed by atoms with Gasteiger partial charge in [-0.25, -0.2) is 0 Å². The van der Waals surface area contributed by atoms with Crippen LogP contribution in [0.4, 0.5) is 0 Å². The van der Waals surface area contributed by atoms with Gasteiger partial charge < -0.3 is 4.74 Å². The molecule has 18 heavy (non-hydrogen) atoms. The highest BCUT2D eigenvalue weighted by Crippen LogP contribution is 2.44. The molecule has 1 aromatic rings. The van der Waals surface area contributed by atoms with Gasteiger partial charge in [0.15, 0.2) is 0 Å². The number of unbranched alkanes of at least 4 members (excludes halogenated alkanes) is 1. The Morgan fingerprint density at radius 2 is 2.00 bits per heavy atom. The summed E-state index contributed by atoms with van der Waals surface area (Å²) in [6, 6.07) is 8.61. The first-order valence-corrected chi connectivity index (χ1v) is 7.17. The normalized spacial score (nSPS) is 22.3. The Balaban J connectivity index is 1.79.